The lowest BCUT2D eigenvalue weighted by molar-refractivity contribution is -0.137. The van der Waals surface area contributed by atoms with Gasteiger partial charge in [0.25, 0.3) is 10.0 Å². The Labute approximate surface area is 197 Å². The van der Waals surface area contributed by atoms with Crippen molar-refractivity contribution in [1.29, 1.82) is 0 Å². The summed E-state index contributed by atoms with van der Waals surface area (Å²) in [5.41, 5.74) is 1.24. The van der Waals surface area contributed by atoms with Crippen LogP contribution in [0.2, 0.25) is 0 Å². The van der Waals surface area contributed by atoms with E-state index in [0.29, 0.717) is 23.9 Å². The Morgan fingerprint density at radius 1 is 1.18 bits per heavy atom. The predicted molar refractivity (Wildman–Crippen MR) is 124 cm³/mol. The number of aliphatic hydroxyl groups excluding tert-OH is 1. The molecule has 0 aromatic heterocycles. The zero-order valence-corrected chi connectivity index (χ0v) is 19.3. The van der Waals surface area contributed by atoms with Crippen LogP contribution < -0.4 is 9.04 Å². The van der Waals surface area contributed by atoms with Crippen molar-refractivity contribution in [3.63, 3.8) is 0 Å². The number of hydrogen-bond acceptors (Lipinski definition) is 4. The molecule has 0 unspecified atom stereocenters. The fraction of sp³-hybridized carbons (Fsp3) is 0.360. The van der Waals surface area contributed by atoms with Crippen LogP contribution in [0.1, 0.15) is 49.7 Å². The highest BCUT2D eigenvalue weighted by Gasteiger charge is 2.37. The summed E-state index contributed by atoms with van der Waals surface area (Å²) in [6.07, 6.45) is 1.35. The molecule has 1 aliphatic carbocycles. The van der Waals surface area contributed by atoms with Gasteiger partial charge in [-0.25, -0.2) is 8.42 Å². The number of fused-ring (bicyclic) bond motifs is 1. The van der Waals surface area contributed by atoms with E-state index < -0.39 is 32.8 Å². The summed E-state index contributed by atoms with van der Waals surface area (Å²) in [4.78, 5) is -0.442. The maximum absolute atomic E-state index is 13.6. The molecule has 0 spiro atoms. The van der Waals surface area contributed by atoms with Crippen LogP contribution in [0.25, 0.3) is 5.57 Å². The molecular formula is C25H26F3NO4S. The molecule has 1 heterocycles. The number of sulfonamides is 1. The van der Waals surface area contributed by atoms with Gasteiger partial charge in [-0.05, 0) is 73.6 Å². The summed E-state index contributed by atoms with van der Waals surface area (Å²) in [5.74, 6) is 0.275. The normalized spacial score (nSPS) is 18.6. The molecule has 0 fully saturated rings. The van der Waals surface area contributed by atoms with E-state index in [0.717, 1.165) is 59.3 Å². The van der Waals surface area contributed by atoms with Gasteiger partial charge in [0.15, 0.2) is 0 Å². The topological polar surface area (TPSA) is 66.8 Å². The van der Waals surface area contributed by atoms with Gasteiger partial charge in [0.1, 0.15) is 11.9 Å². The molecule has 1 N–H and O–H groups in total. The Morgan fingerprint density at radius 2 is 1.97 bits per heavy atom. The maximum atomic E-state index is 13.6. The van der Waals surface area contributed by atoms with E-state index in [4.69, 9.17) is 4.74 Å². The van der Waals surface area contributed by atoms with Gasteiger partial charge in [0.2, 0.25) is 0 Å². The molecule has 182 valence electrons. The first-order valence-corrected chi connectivity index (χ1v) is 12.6. The van der Waals surface area contributed by atoms with Crippen LogP contribution in [-0.4, -0.2) is 26.2 Å². The fourth-order valence-electron chi connectivity index (χ4n) is 4.28. The molecule has 0 saturated heterocycles. The Kier molecular flexibility index (Phi) is 6.66. The van der Waals surface area contributed by atoms with Gasteiger partial charge in [-0.2, -0.15) is 13.2 Å². The predicted octanol–water partition coefficient (Wildman–Crippen LogP) is 6.47. The Bertz CT molecular complexity index is 1220. The van der Waals surface area contributed by atoms with Gasteiger partial charge in [-0.1, -0.05) is 24.8 Å². The van der Waals surface area contributed by atoms with Crippen LogP contribution in [-0.2, 0) is 16.2 Å². The van der Waals surface area contributed by atoms with Crippen molar-refractivity contribution in [3.8, 4) is 5.75 Å². The Balaban J connectivity index is 1.78. The highest BCUT2D eigenvalue weighted by atomic mass is 32.2. The van der Waals surface area contributed by atoms with Crippen LogP contribution in [0.4, 0.5) is 18.9 Å². The molecule has 1 atom stereocenters. The minimum atomic E-state index is -4.67. The maximum Gasteiger partial charge on any atom is 0.416 e. The van der Waals surface area contributed by atoms with Crippen molar-refractivity contribution in [3.05, 3.63) is 72.0 Å². The van der Waals surface area contributed by atoms with E-state index in [2.05, 4.69) is 12.7 Å². The van der Waals surface area contributed by atoms with Gasteiger partial charge >= 0.3 is 6.18 Å². The minimum Gasteiger partial charge on any atom is -0.513 e. The van der Waals surface area contributed by atoms with Crippen molar-refractivity contribution >= 4 is 21.3 Å². The molecule has 0 amide bonds. The lowest BCUT2D eigenvalue weighted by atomic mass is 9.93. The molecule has 2 aromatic carbocycles. The second-order valence-electron chi connectivity index (χ2n) is 8.56. The SMILES string of the molecule is C=C(O)CC[C@H]1CN(S(=O)(=O)c2cccc(C(F)(F)F)c2)c2cc(C3=CCCCC3)ccc2O1. The van der Waals surface area contributed by atoms with Gasteiger partial charge in [0, 0.05) is 6.42 Å². The lowest BCUT2D eigenvalue weighted by Crippen LogP contribution is -2.43. The molecular weight excluding hydrogens is 467 g/mol. The number of alkyl halides is 3. The van der Waals surface area contributed by atoms with Crippen LogP contribution >= 0.6 is 0 Å². The second-order valence-corrected chi connectivity index (χ2v) is 10.4. The smallest absolute Gasteiger partial charge is 0.416 e. The standard InChI is InChI=1S/C25H26F3NO4S/c1-17(30)10-12-21-16-29(34(31,32)22-9-5-8-20(15-22)25(26,27)28)23-14-19(11-13-24(23)33-21)18-6-3-2-4-7-18/h5-6,8-9,11,13-15,21,30H,1-4,7,10,12,16H2/t21-/m0/s1. The summed E-state index contributed by atoms with van der Waals surface area (Å²) in [6.45, 7) is 3.35. The summed E-state index contributed by atoms with van der Waals surface area (Å²) in [7, 11) is -4.33. The zero-order chi connectivity index (χ0) is 24.5. The summed E-state index contributed by atoms with van der Waals surface area (Å²) >= 11 is 0. The quantitative estimate of drug-likeness (QED) is 0.469. The molecule has 5 nitrogen and oxygen atoms in total. The molecule has 1 aliphatic heterocycles. The lowest BCUT2D eigenvalue weighted by Gasteiger charge is -2.36. The Morgan fingerprint density at radius 3 is 2.65 bits per heavy atom. The first kappa shape index (κ1) is 24.2. The van der Waals surface area contributed by atoms with Crippen molar-refractivity contribution in [2.45, 2.75) is 55.7 Å². The first-order valence-electron chi connectivity index (χ1n) is 11.1. The summed E-state index contributed by atoms with van der Waals surface area (Å²) in [6, 6.07) is 9.06. The Hall–Kier alpha value is -2.94. The number of benzene rings is 2. The van der Waals surface area contributed by atoms with Crippen molar-refractivity contribution in [2.24, 2.45) is 0 Å². The van der Waals surface area contributed by atoms with Gasteiger partial charge in [-0.15, -0.1) is 0 Å². The van der Waals surface area contributed by atoms with E-state index in [1.54, 1.807) is 12.1 Å². The third kappa shape index (κ3) is 5.09. The molecule has 0 saturated carbocycles. The molecule has 9 heteroatoms. The number of aliphatic hydroxyl groups is 1. The molecule has 0 radical (unpaired) electrons. The number of halogens is 3. The van der Waals surface area contributed by atoms with Crippen LogP contribution in [0.15, 0.2) is 65.8 Å². The van der Waals surface area contributed by atoms with E-state index in [1.807, 2.05) is 6.07 Å². The zero-order valence-electron chi connectivity index (χ0n) is 18.5. The van der Waals surface area contributed by atoms with E-state index in [-0.39, 0.29) is 18.7 Å². The van der Waals surface area contributed by atoms with Gasteiger partial charge in [0.05, 0.1) is 28.5 Å². The van der Waals surface area contributed by atoms with Crippen molar-refractivity contribution < 1.29 is 31.4 Å². The van der Waals surface area contributed by atoms with Crippen LogP contribution in [0.5, 0.6) is 5.75 Å². The molecule has 0 bridgehead atoms. The van der Waals surface area contributed by atoms with E-state index in [1.165, 1.54) is 0 Å². The number of hydrogen-bond donors (Lipinski definition) is 1. The third-order valence-electron chi connectivity index (χ3n) is 6.06. The number of allylic oxidation sites excluding steroid dienone is 3. The van der Waals surface area contributed by atoms with Gasteiger partial charge in [-0.3, -0.25) is 4.31 Å². The van der Waals surface area contributed by atoms with E-state index >= 15 is 0 Å². The minimum absolute atomic E-state index is 0.0544. The van der Waals surface area contributed by atoms with Crippen molar-refractivity contribution in [2.75, 3.05) is 10.8 Å². The average Bonchev–Trinajstić information content (AvgIpc) is 2.82. The third-order valence-corrected chi connectivity index (χ3v) is 7.83. The monoisotopic (exact) mass is 493 g/mol. The second kappa shape index (κ2) is 9.37. The highest BCUT2D eigenvalue weighted by molar-refractivity contribution is 7.92. The molecule has 2 aromatic rings. The van der Waals surface area contributed by atoms with E-state index in [9.17, 15) is 26.7 Å². The first-order chi connectivity index (χ1) is 16.1. The molecule has 2 aliphatic rings. The highest BCUT2D eigenvalue weighted by Crippen LogP contribution is 2.41. The molecule has 34 heavy (non-hydrogen) atoms. The molecule has 4 rings (SSSR count). The number of nitrogens with zero attached hydrogens (tertiary/aromatic N) is 1. The van der Waals surface area contributed by atoms with Gasteiger partial charge < -0.3 is 9.84 Å². The fourth-order valence-corrected chi connectivity index (χ4v) is 5.82. The summed E-state index contributed by atoms with van der Waals surface area (Å²) in [5, 5.41) is 9.47. The number of anilines is 1. The van der Waals surface area contributed by atoms with Crippen molar-refractivity contribution in [1.82, 2.24) is 0 Å². The average molecular weight is 494 g/mol. The number of ether oxygens (including phenoxy) is 1. The van der Waals surface area contributed by atoms with Crippen LogP contribution in [0, 0.1) is 0 Å². The largest absolute Gasteiger partial charge is 0.513 e. The summed E-state index contributed by atoms with van der Waals surface area (Å²) < 4.78 is 74.2. The number of rotatable bonds is 6. The van der Waals surface area contributed by atoms with Crippen LogP contribution in [0.3, 0.4) is 0 Å².